The Kier molecular flexibility index (Phi) is 4.34. The standard InChI is InChI=1S/C17H20BrN3O/c1-3-16(22)20-10-6-9-15(20)17-19-13-7-4-5-8-14(13)21(17)11-12(2)18/h4-5,7-8,15H,2-3,6,9-11H2,1H3. The molecule has 0 N–H and O–H groups in total. The zero-order chi connectivity index (χ0) is 15.7. The number of aromatic nitrogens is 2. The summed E-state index contributed by atoms with van der Waals surface area (Å²) in [6.07, 6.45) is 2.56. The largest absolute Gasteiger partial charge is 0.333 e. The van der Waals surface area contributed by atoms with Gasteiger partial charge in [0.15, 0.2) is 0 Å². The molecule has 1 aliphatic rings. The number of halogens is 1. The van der Waals surface area contributed by atoms with Crippen LogP contribution in [0.1, 0.15) is 38.1 Å². The number of carbonyl (C=O) groups is 1. The molecule has 4 nitrogen and oxygen atoms in total. The van der Waals surface area contributed by atoms with E-state index in [1.165, 1.54) is 0 Å². The average molecular weight is 362 g/mol. The van der Waals surface area contributed by atoms with Crippen molar-refractivity contribution in [2.45, 2.75) is 38.8 Å². The highest BCUT2D eigenvalue weighted by atomic mass is 79.9. The first kappa shape index (κ1) is 15.3. The number of para-hydroxylation sites is 2. The van der Waals surface area contributed by atoms with E-state index in [0.717, 1.165) is 40.7 Å². The SMILES string of the molecule is C=C(Br)Cn1c(C2CCCN2C(=O)CC)nc2ccccc21. The Morgan fingerprint density at radius 2 is 2.23 bits per heavy atom. The third kappa shape index (κ3) is 2.70. The first-order valence-corrected chi connectivity index (χ1v) is 8.49. The number of hydrogen-bond acceptors (Lipinski definition) is 2. The lowest BCUT2D eigenvalue weighted by Gasteiger charge is -2.24. The Morgan fingerprint density at radius 3 is 2.95 bits per heavy atom. The second-order valence-corrected chi connectivity index (χ2v) is 6.78. The van der Waals surface area contributed by atoms with Crippen LogP contribution in [0, 0.1) is 0 Å². The van der Waals surface area contributed by atoms with Gasteiger partial charge in [-0.25, -0.2) is 4.98 Å². The van der Waals surface area contributed by atoms with Crippen LogP contribution in [0.4, 0.5) is 0 Å². The number of rotatable bonds is 4. The summed E-state index contributed by atoms with van der Waals surface area (Å²) in [4.78, 5) is 19.0. The van der Waals surface area contributed by atoms with Gasteiger partial charge in [0.1, 0.15) is 5.82 Å². The number of fused-ring (bicyclic) bond motifs is 1. The van der Waals surface area contributed by atoms with Crippen LogP contribution in [-0.4, -0.2) is 26.9 Å². The molecule has 1 amide bonds. The number of benzene rings is 1. The molecule has 1 aromatic heterocycles. The molecule has 1 fully saturated rings. The molecule has 1 unspecified atom stereocenters. The van der Waals surface area contributed by atoms with Gasteiger partial charge in [0, 0.05) is 17.4 Å². The number of imidazole rings is 1. The topological polar surface area (TPSA) is 38.1 Å². The normalized spacial score (nSPS) is 18.1. The van der Waals surface area contributed by atoms with Crippen molar-refractivity contribution in [2.24, 2.45) is 0 Å². The molecule has 1 atom stereocenters. The van der Waals surface area contributed by atoms with Crippen molar-refractivity contribution in [2.75, 3.05) is 6.54 Å². The predicted octanol–water partition coefficient (Wildman–Crippen LogP) is 4.02. The highest BCUT2D eigenvalue weighted by molar-refractivity contribution is 9.11. The third-order valence-electron chi connectivity index (χ3n) is 4.19. The number of amides is 1. The van der Waals surface area contributed by atoms with E-state index in [1.54, 1.807) is 0 Å². The summed E-state index contributed by atoms with van der Waals surface area (Å²) in [6, 6.07) is 8.18. The van der Waals surface area contributed by atoms with Gasteiger partial charge < -0.3 is 9.47 Å². The summed E-state index contributed by atoms with van der Waals surface area (Å²) >= 11 is 3.46. The van der Waals surface area contributed by atoms with Gasteiger partial charge in [-0.15, -0.1) is 0 Å². The molecular weight excluding hydrogens is 342 g/mol. The summed E-state index contributed by atoms with van der Waals surface area (Å²) in [5, 5.41) is 0. The first-order chi connectivity index (χ1) is 10.6. The fraction of sp³-hybridized carbons (Fsp3) is 0.412. The van der Waals surface area contributed by atoms with Crippen molar-refractivity contribution in [3.05, 3.63) is 41.2 Å². The maximum atomic E-state index is 12.2. The average Bonchev–Trinajstić information content (AvgIpc) is 3.11. The summed E-state index contributed by atoms with van der Waals surface area (Å²) < 4.78 is 3.08. The molecule has 3 rings (SSSR count). The molecule has 0 bridgehead atoms. The fourth-order valence-corrected chi connectivity index (χ4v) is 3.47. The molecular formula is C17H20BrN3O. The summed E-state index contributed by atoms with van der Waals surface area (Å²) in [6.45, 7) is 7.38. The maximum Gasteiger partial charge on any atom is 0.222 e. The van der Waals surface area contributed by atoms with Crippen molar-refractivity contribution in [1.82, 2.24) is 14.5 Å². The highest BCUT2D eigenvalue weighted by Gasteiger charge is 2.32. The van der Waals surface area contributed by atoms with Crippen molar-refractivity contribution in [3.63, 3.8) is 0 Å². The number of carbonyl (C=O) groups excluding carboxylic acids is 1. The summed E-state index contributed by atoms with van der Waals surface area (Å²) in [7, 11) is 0. The number of hydrogen-bond donors (Lipinski definition) is 0. The van der Waals surface area contributed by atoms with Gasteiger partial charge >= 0.3 is 0 Å². The van der Waals surface area contributed by atoms with Gasteiger partial charge in [-0.1, -0.05) is 41.6 Å². The van der Waals surface area contributed by atoms with E-state index in [-0.39, 0.29) is 11.9 Å². The summed E-state index contributed by atoms with van der Waals surface area (Å²) in [5.74, 6) is 1.18. The van der Waals surface area contributed by atoms with E-state index >= 15 is 0 Å². The molecule has 2 aromatic rings. The monoisotopic (exact) mass is 361 g/mol. The van der Waals surface area contributed by atoms with Crippen molar-refractivity contribution in [3.8, 4) is 0 Å². The Bertz CT molecular complexity index is 722. The van der Waals surface area contributed by atoms with Crippen molar-refractivity contribution < 1.29 is 4.79 Å². The minimum atomic E-state index is 0.0756. The third-order valence-corrected chi connectivity index (χ3v) is 4.44. The Labute approximate surface area is 138 Å². The molecule has 22 heavy (non-hydrogen) atoms. The van der Waals surface area contributed by atoms with Crippen LogP contribution >= 0.6 is 15.9 Å². The number of likely N-dealkylation sites (tertiary alicyclic amines) is 1. The molecule has 1 aliphatic heterocycles. The Balaban J connectivity index is 2.09. The van der Waals surface area contributed by atoms with E-state index in [1.807, 2.05) is 30.0 Å². The van der Waals surface area contributed by atoms with Gasteiger partial charge in [-0.05, 0) is 25.0 Å². The quantitative estimate of drug-likeness (QED) is 0.824. The first-order valence-electron chi connectivity index (χ1n) is 7.69. The van der Waals surface area contributed by atoms with Crippen LogP contribution in [0.15, 0.2) is 35.3 Å². The summed E-state index contributed by atoms with van der Waals surface area (Å²) in [5.41, 5.74) is 2.07. The predicted molar refractivity (Wildman–Crippen MR) is 91.8 cm³/mol. The molecule has 0 spiro atoms. The fourth-order valence-electron chi connectivity index (χ4n) is 3.22. The van der Waals surface area contributed by atoms with Crippen molar-refractivity contribution >= 4 is 32.9 Å². The van der Waals surface area contributed by atoms with Gasteiger partial charge in [-0.3, -0.25) is 4.79 Å². The van der Waals surface area contributed by atoms with E-state index in [2.05, 4.69) is 33.1 Å². The van der Waals surface area contributed by atoms with Crippen LogP contribution in [0.3, 0.4) is 0 Å². The molecule has 1 saturated heterocycles. The Morgan fingerprint density at radius 1 is 1.45 bits per heavy atom. The van der Waals surface area contributed by atoms with E-state index < -0.39 is 0 Å². The lowest BCUT2D eigenvalue weighted by atomic mass is 10.2. The Hall–Kier alpha value is -1.62. The molecule has 0 aliphatic carbocycles. The smallest absolute Gasteiger partial charge is 0.222 e. The second-order valence-electron chi connectivity index (χ2n) is 5.66. The minimum Gasteiger partial charge on any atom is -0.333 e. The lowest BCUT2D eigenvalue weighted by molar-refractivity contribution is -0.131. The van der Waals surface area contributed by atoms with E-state index in [0.29, 0.717) is 13.0 Å². The highest BCUT2D eigenvalue weighted by Crippen LogP contribution is 2.34. The van der Waals surface area contributed by atoms with Crippen LogP contribution in [0.5, 0.6) is 0 Å². The van der Waals surface area contributed by atoms with Crippen LogP contribution < -0.4 is 0 Å². The maximum absolute atomic E-state index is 12.2. The van der Waals surface area contributed by atoms with Crippen LogP contribution in [0.2, 0.25) is 0 Å². The number of allylic oxidation sites excluding steroid dienone is 1. The zero-order valence-corrected chi connectivity index (χ0v) is 14.3. The van der Waals surface area contributed by atoms with Crippen LogP contribution in [-0.2, 0) is 11.3 Å². The van der Waals surface area contributed by atoms with Gasteiger partial charge in [0.25, 0.3) is 0 Å². The number of nitrogens with zero attached hydrogens (tertiary/aromatic N) is 3. The molecule has 0 saturated carbocycles. The van der Waals surface area contributed by atoms with Gasteiger partial charge in [0.2, 0.25) is 5.91 Å². The lowest BCUT2D eigenvalue weighted by Crippen LogP contribution is -2.31. The molecule has 0 radical (unpaired) electrons. The van der Waals surface area contributed by atoms with Crippen LogP contribution in [0.25, 0.3) is 11.0 Å². The van der Waals surface area contributed by atoms with Gasteiger partial charge in [0.05, 0.1) is 23.6 Å². The minimum absolute atomic E-state index is 0.0756. The van der Waals surface area contributed by atoms with E-state index in [4.69, 9.17) is 4.98 Å². The molecule has 116 valence electrons. The molecule has 2 heterocycles. The van der Waals surface area contributed by atoms with Crippen molar-refractivity contribution in [1.29, 1.82) is 0 Å². The second kappa shape index (κ2) is 6.24. The van der Waals surface area contributed by atoms with Gasteiger partial charge in [-0.2, -0.15) is 0 Å². The molecule has 1 aromatic carbocycles. The van der Waals surface area contributed by atoms with E-state index in [9.17, 15) is 4.79 Å². The molecule has 5 heteroatoms. The zero-order valence-electron chi connectivity index (χ0n) is 12.8.